The predicted molar refractivity (Wildman–Crippen MR) is 97.7 cm³/mol. The lowest BCUT2D eigenvalue weighted by Crippen LogP contribution is -2.25. The van der Waals surface area contributed by atoms with Crippen LogP contribution in [0, 0.1) is 0 Å². The zero-order chi connectivity index (χ0) is 19.4. The van der Waals surface area contributed by atoms with Crippen LogP contribution in [-0.4, -0.2) is 41.9 Å². The normalized spacial score (nSPS) is 12.1. The van der Waals surface area contributed by atoms with Crippen molar-refractivity contribution in [3.8, 4) is 11.5 Å². The predicted octanol–water partition coefficient (Wildman–Crippen LogP) is 1.72. The highest BCUT2D eigenvalue weighted by Crippen LogP contribution is 2.26. The lowest BCUT2D eigenvalue weighted by Gasteiger charge is -2.12. The Balaban J connectivity index is 2.10. The van der Waals surface area contributed by atoms with Crippen molar-refractivity contribution in [2.45, 2.75) is 22.6 Å². The Bertz CT molecular complexity index is 967. The van der Waals surface area contributed by atoms with Crippen molar-refractivity contribution in [1.82, 2.24) is 4.72 Å². The van der Waals surface area contributed by atoms with Gasteiger partial charge in [0.1, 0.15) is 16.4 Å². The van der Waals surface area contributed by atoms with Crippen LogP contribution in [0.25, 0.3) is 0 Å². The van der Waals surface area contributed by atoms with Crippen molar-refractivity contribution in [2.75, 3.05) is 19.9 Å². The van der Waals surface area contributed by atoms with Gasteiger partial charge in [-0.3, -0.25) is 0 Å². The second-order valence-corrected chi connectivity index (χ2v) is 9.50. The standard InChI is InChI=1S/C17H21NO6S2/c1-24-16-10-9-15(25(2,20)21)12-17(16)26(22,23)18-11-3-4-13-5-7-14(19)8-6-13/h5-10,12,18-19H,3-4,11H2,1-2H3. The van der Waals surface area contributed by atoms with Crippen LogP contribution in [0.5, 0.6) is 11.5 Å². The van der Waals surface area contributed by atoms with Gasteiger partial charge in [-0.15, -0.1) is 0 Å². The number of aromatic hydroxyl groups is 1. The van der Waals surface area contributed by atoms with Crippen LogP contribution >= 0.6 is 0 Å². The molecule has 0 aliphatic heterocycles. The van der Waals surface area contributed by atoms with E-state index in [1.165, 1.54) is 19.2 Å². The number of nitrogens with one attached hydrogen (secondary N) is 1. The zero-order valence-corrected chi connectivity index (χ0v) is 16.1. The van der Waals surface area contributed by atoms with Crippen LogP contribution in [0.2, 0.25) is 0 Å². The van der Waals surface area contributed by atoms with E-state index in [1.807, 2.05) is 0 Å². The van der Waals surface area contributed by atoms with Gasteiger partial charge in [0.15, 0.2) is 9.84 Å². The largest absolute Gasteiger partial charge is 0.508 e. The maximum Gasteiger partial charge on any atom is 0.244 e. The van der Waals surface area contributed by atoms with Crippen LogP contribution in [0.3, 0.4) is 0 Å². The van der Waals surface area contributed by atoms with Gasteiger partial charge in [-0.25, -0.2) is 21.6 Å². The molecule has 26 heavy (non-hydrogen) atoms. The number of phenolic OH excluding ortho intramolecular Hbond substituents is 1. The molecule has 2 rings (SSSR count). The lowest BCUT2D eigenvalue weighted by molar-refractivity contribution is 0.401. The monoisotopic (exact) mass is 399 g/mol. The summed E-state index contributed by atoms with van der Waals surface area (Å²) in [6.07, 6.45) is 2.18. The molecule has 0 spiro atoms. The first kappa shape index (κ1) is 20.2. The van der Waals surface area contributed by atoms with E-state index in [-0.39, 0.29) is 27.8 Å². The minimum absolute atomic E-state index is 0.0726. The van der Waals surface area contributed by atoms with Gasteiger partial charge in [0.25, 0.3) is 0 Å². The fourth-order valence-corrected chi connectivity index (χ4v) is 4.33. The zero-order valence-electron chi connectivity index (χ0n) is 14.5. The van der Waals surface area contributed by atoms with Gasteiger partial charge in [0.2, 0.25) is 10.0 Å². The Morgan fingerprint density at radius 1 is 1.04 bits per heavy atom. The van der Waals surface area contributed by atoms with Crippen LogP contribution in [0.15, 0.2) is 52.3 Å². The average molecular weight is 399 g/mol. The second kappa shape index (κ2) is 8.07. The SMILES string of the molecule is COc1ccc(S(C)(=O)=O)cc1S(=O)(=O)NCCCc1ccc(O)cc1. The molecule has 0 saturated heterocycles. The first-order chi connectivity index (χ1) is 12.1. The van der Waals surface area contributed by atoms with Crippen molar-refractivity contribution >= 4 is 19.9 Å². The number of rotatable bonds is 8. The molecule has 9 heteroatoms. The molecule has 0 heterocycles. The summed E-state index contributed by atoms with van der Waals surface area (Å²) in [4.78, 5) is -0.310. The average Bonchev–Trinajstić information content (AvgIpc) is 2.59. The summed E-state index contributed by atoms with van der Waals surface area (Å²) >= 11 is 0. The number of sulfonamides is 1. The van der Waals surface area contributed by atoms with Gasteiger partial charge in [-0.2, -0.15) is 0 Å². The van der Waals surface area contributed by atoms with Gasteiger partial charge in [-0.05, 0) is 48.7 Å². The van der Waals surface area contributed by atoms with Crippen LogP contribution in [-0.2, 0) is 26.3 Å². The van der Waals surface area contributed by atoms with Gasteiger partial charge in [0.05, 0.1) is 12.0 Å². The van der Waals surface area contributed by atoms with Crippen molar-refractivity contribution in [2.24, 2.45) is 0 Å². The Labute approximate surface area is 153 Å². The van der Waals surface area contributed by atoms with E-state index in [0.717, 1.165) is 17.9 Å². The highest BCUT2D eigenvalue weighted by molar-refractivity contribution is 7.91. The van der Waals surface area contributed by atoms with E-state index >= 15 is 0 Å². The number of methoxy groups -OCH3 is 1. The van der Waals surface area contributed by atoms with E-state index < -0.39 is 19.9 Å². The number of hydrogen-bond donors (Lipinski definition) is 2. The Kier molecular flexibility index (Phi) is 6.27. The van der Waals surface area contributed by atoms with E-state index in [2.05, 4.69) is 4.72 Å². The third-order valence-corrected chi connectivity index (χ3v) is 6.32. The molecular formula is C17H21NO6S2. The minimum atomic E-state index is -3.93. The molecule has 7 nitrogen and oxygen atoms in total. The van der Waals surface area contributed by atoms with E-state index in [1.54, 1.807) is 24.3 Å². The summed E-state index contributed by atoms with van der Waals surface area (Å²) < 4.78 is 55.9. The molecule has 0 bridgehead atoms. The molecule has 0 fully saturated rings. The molecule has 0 amide bonds. The molecule has 0 aliphatic rings. The molecule has 2 aromatic rings. The van der Waals surface area contributed by atoms with Crippen LogP contribution < -0.4 is 9.46 Å². The summed E-state index contributed by atoms with van der Waals surface area (Å²) in [5.74, 6) is 0.246. The third-order valence-electron chi connectivity index (χ3n) is 3.72. The molecule has 0 aliphatic carbocycles. The van der Waals surface area contributed by atoms with Gasteiger partial charge >= 0.3 is 0 Å². The summed E-state index contributed by atoms with van der Waals surface area (Å²) in [6.45, 7) is 0.176. The van der Waals surface area contributed by atoms with Crippen LogP contribution in [0.4, 0.5) is 0 Å². The Hall–Kier alpha value is -2.10. The molecule has 0 aromatic heterocycles. The molecule has 0 atom stereocenters. The molecule has 2 aromatic carbocycles. The molecular weight excluding hydrogens is 378 g/mol. The quantitative estimate of drug-likeness (QED) is 0.654. The summed E-state index contributed by atoms with van der Waals surface area (Å²) in [5.41, 5.74) is 0.971. The van der Waals surface area contributed by atoms with Crippen molar-refractivity contribution < 1.29 is 26.7 Å². The summed E-state index contributed by atoms with van der Waals surface area (Å²) in [5, 5.41) is 9.24. The Morgan fingerprint density at radius 3 is 2.27 bits per heavy atom. The minimum Gasteiger partial charge on any atom is -0.508 e. The van der Waals surface area contributed by atoms with Crippen LogP contribution in [0.1, 0.15) is 12.0 Å². The van der Waals surface area contributed by atoms with Gasteiger partial charge in [0, 0.05) is 12.8 Å². The van der Waals surface area contributed by atoms with E-state index in [0.29, 0.717) is 12.8 Å². The third kappa shape index (κ3) is 5.20. The van der Waals surface area contributed by atoms with Gasteiger partial charge < -0.3 is 9.84 Å². The fraction of sp³-hybridized carbons (Fsp3) is 0.294. The highest BCUT2D eigenvalue weighted by Gasteiger charge is 2.22. The van der Waals surface area contributed by atoms with Crippen molar-refractivity contribution in [3.05, 3.63) is 48.0 Å². The smallest absolute Gasteiger partial charge is 0.244 e. The number of aryl methyl sites for hydroxylation is 1. The number of benzene rings is 2. The molecule has 0 saturated carbocycles. The van der Waals surface area contributed by atoms with Gasteiger partial charge in [-0.1, -0.05) is 12.1 Å². The fourth-order valence-electron chi connectivity index (χ4n) is 2.34. The molecule has 0 radical (unpaired) electrons. The maximum atomic E-state index is 12.5. The van der Waals surface area contributed by atoms with E-state index in [4.69, 9.17) is 4.74 Å². The molecule has 0 unspecified atom stereocenters. The topological polar surface area (TPSA) is 110 Å². The number of phenols is 1. The molecule has 2 N–H and O–H groups in total. The molecule has 142 valence electrons. The number of ether oxygens (including phenoxy) is 1. The lowest BCUT2D eigenvalue weighted by atomic mass is 10.1. The Morgan fingerprint density at radius 2 is 1.69 bits per heavy atom. The summed E-state index contributed by atoms with van der Waals surface area (Å²) in [7, 11) is -6.15. The van der Waals surface area contributed by atoms with Crippen molar-refractivity contribution in [3.63, 3.8) is 0 Å². The van der Waals surface area contributed by atoms with Crippen molar-refractivity contribution in [1.29, 1.82) is 0 Å². The first-order valence-corrected chi connectivity index (χ1v) is 11.2. The highest BCUT2D eigenvalue weighted by atomic mass is 32.2. The maximum absolute atomic E-state index is 12.5. The number of hydrogen-bond acceptors (Lipinski definition) is 6. The number of sulfone groups is 1. The second-order valence-electron chi connectivity index (χ2n) is 5.75. The first-order valence-electron chi connectivity index (χ1n) is 7.79. The van der Waals surface area contributed by atoms with E-state index in [9.17, 15) is 21.9 Å². The summed E-state index contributed by atoms with van der Waals surface area (Å²) in [6, 6.07) is 10.4.